The minimum absolute atomic E-state index is 0.117. The van der Waals surface area contributed by atoms with E-state index in [1.165, 1.54) is 27.2 Å². The number of aryl methyl sites for hydroxylation is 2. The second-order valence-electron chi connectivity index (χ2n) is 5.56. The Morgan fingerprint density at radius 3 is 2.86 bits per heavy atom. The Kier molecular flexibility index (Phi) is 5.49. The van der Waals surface area contributed by atoms with Crippen molar-refractivity contribution >= 4 is 38.9 Å². The standard InChI is InChI=1S/C14H21N5OS2/c1-9-10(2)22-12-11(9)13(20)19(8-16-12)17-14(21)15-6-5-7-18(3)4/h8H,5-7H2,1-4H3,(H2,15,17,21)/p+1. The molecule has 0 aliphatic carbocycles. The van der Waals surface area contributed by atoms with E-state index in [-0.39, 0.29) is 5.56 Å². The summed E-state index contributed by atoms with van der Waals surface area (Å²) in [4.78, 5) is 20.1. The number of rotatable bonds is 5. The molecule has 3 N–H and O–H groups in total. The van der Waals surface area contributed by atoms with Gasteiger partial charge in [-0.15, -0.1) is 11.3 Å². The molecule has 22 heavy (non-hydrogen) atoms. The van der Waals surface area contributed by atoms with Crippen molar-refractivity contribution in [1.29, 1.82) is 0 Å². The summed E-state index contributed by atoms with van der Waals surface area (Å²) in [6.45, 7) is 5.79. The fourth-order valence-electron chi connectivity index (χ4n) is 2.11. The first-order valence-corrected chi connectivity index (χ1v) is 8.44. The molecule has 0 saturated heterocycles. The van der Waals surface area contributed by atoms with E-state index in [9.17, 15) is 4.79 Å². The van der Waals surface area contributed by atoms with Crippen LogP contribution < -0.4 is 21.2 Å². The topological polar surface area (TPSA) is 63.4 Å². The van der Waals surface area contributed by atoms with Crippen LogP contribution in [-0.2, 0) is 0 Å². The van der Waals surface area contributed by atoms with E-state index < -0.39 is 0 Å². The van der Waals surface area contributed by atoms with Gasteiger partial charge in [0.05, 0.1) is 26.0 Å². The highest BCUT2D eigenvalue weighted by molar-refractivity contribution is 7.80. The maximum absolute atomic E-state index is 12.5. The van der Waals surface area contributed by atoms with Gasteiger partial charge >= 0.3 is 0 Å². The van der Waals surface area contributed by atoms with Crippen LogP contribution in [0.25, 0.3) is 10.2 Å². The molecule has 0 aromatic carbocycles. The van der Waals surface area contributed by atoms with Crippen LogP contribution in [0.5, 0.6) is 0 Å². The molecule has 0 saturated carbocycles. The normalized spacial score (nSPS) is 11.1. The highest BCUT2D eigenvalue weighted by atomic mass is 32.1. The number of nitrogens with zero attached hydrogens (tertiary/aromatic N) is 2. The molecule has 0 aliphatic heterocycles. The Labute approximate surface area is 139 Å². The first-order chi connectivity index (χ1) is 10.4. The number of thiocarbonyl (C=S) groups is 1. The van der Waals surface area contributed by atoms with Gasteiger partial charge in [0.1, 0.15) is 11.2 Å². The first kappa shape index (κ1) is 16.9. The zero-order valence-corrected chi connectivity index (χ0v) is 15.0. The number of aromatic nitrogens is 2. The number of fused-ring (bicyclic) bond motifs is 1. The van der Waals surface area contributed by atoms with Gasteiger partial charge in [-0.1, -0.05) is 0 Å². The lowest BCUT2D eigenvalue weighted by molar-refractivity contribution is -0.858. The molecule has 6 nitrogen and oxygen atoms in total. The highest BCUT2D eigenvalue weighted by Crippen LogP contribution is 2.25. The average molecular weight is 340 g/mol. The van der Waals surface area contributed by atoms with Gasteiger partial charge in [-0.05, 0) is 31.6 Å². The average Bonchev–Trinajstić information content (AvgIpc) is 2.74. The number of thiophene rings is 1. The molecule has 0 fully saturated rings. The van der Waals surface area contributed by atoms with Crippen LogP contribution in [-0.4, -0.2) is 42.0 Å². The molecule has 0 aliphatic rings. The van der Waals surface area contributed by atoms with E-state index in [0.717, 1.165) is 34.8 Å². The van der Waals surface area contributed by atoms with Gasteiger partial charge in [-0.25, -0.2) is 9.66 Å². The van der Waals surface area contributed by atoms with Gasteiger partial charge in [0.2, 0.25) is 0 Å². The molecule has 0 radical (unpaired) electrons. The van der Waals surface area contributed by atoms with Crippen molar-refractivity contribution in [2.24, 2.45) is 0 Å². The maximum Gasteiger partial charge on any atom is 0.281 e. The second-order valence-corrected chi connectivity index (χ2v) is 7.17. The van der Waals surface area contributed by atoms with Crippen LogP contribution in [0, 0.1) is 13.8 Å². The number of hydrogen-bond donors (Lipinski definition) is 3. The van der Waals surface area contributed by atoms with Crippen molar-refractivity contribution in [2.45, 2.75) is 20.3 Å². The van der Waals surface area contributed by atoms with Crippen LogP contribution in [0.4, 0.5) is 0 Å². The summed E-state index contributed by atoms with van der Waals surface area (Å²) in [7, 11) is 4.23. The monoisotopic (exact) mass is 340 g/mol. The lowest BCUT2D eigenvalue weighted by Gasteiger charge is -2.12. The number of hydrogen-bond acceptors (Lipinski definition) is 4. The zero-order chi connectivity index (χ0) is 16.3. The van der Waals surface area contributed by atoms with Gasteiger partial charge < -0.3 is 10.2 Å². The lowest BCUT2D eigenvalue weighted by Crippen LogP contribution is -3.05. The summed E-state index contributed by atoms with van der Waals surface area (Å²) < 4.78 is 1.34. The largest absolute Gasteiger partial charge is 0.361 e. The highest BCUT2D eigenvalue weighted by Gasteiger charge is 2.12. The van der Waals surface area contributed by atoms with Crippen LogP contribution in [0.15, 0.2) is 11.1 Å². The van der Waals surface area contributed by atoms with E-state index in [0.29, 0.717) is 10.5 Å². The van der Waals surface area contributed by atoms with Crippen molar-refractivity contribution in [3.63, 3.8) is 0 Å². The Morgan fingerprint density at radius 1 is 1.45 bits per heavy atom. The molecule has 120 valence electrons. The van der Waals surface area contributed by atoms with Crippen molar-refractivity contribution in [3.8, 4) is 0 Å². The fraction of sp³-hybridized carbons (Fsp3) is 0.500. The molecule has 2 aromatic heterocycles. The van der Waals surface area contributed by atoms with Gasteiger partial charge in [0.15, 0.2) is 5.11 Å². The van der Waals surface area contributed by atoms with E-state index >= 15 is 0 Å². The predicted octanol–water partition coefficient (Wildman–Crippen LogP) is 0.0274. The van der Waals surface area contributed by atoms with Crippen LogP contribution >= 0.6 is 23.6 Å². The van der Waals surface area contributed by atoms with Gasteiger partial charge in [-0.3, -0.25) is 10.2 Å². The second kappa shape index (κ2) is 7.17. The number of nitrogens with one attached hydrogen (secondary N) is 3. The van der Waals surface area contributed by atoms with E-state index in [2.05, 4.69) is 29.8 Å². The summed E-state index contributed by atoms with van der Waals surface area (Å²) in [5.74, 6) is 0. The maximum atomic E-state index is 12.5. The zero-order valence-electron chi connectivity index (χ0n) is 13.3. The minimum atomic E-state index is -0.117. The number of quaternary nitrogens is 1. The van der Waals surface area contributed by atoms with Crippen LogP contribution in [0.2, 0.25) is 0 Å². The Balaban J connectivity index is 2.05. The fourth-order valence-corrected chi connectivity index (χ4v) is 3.30. The van der Waals surface area contributed by atoms with E-state index in [4.69, 9.17) is 12.2 Å². The van der Waals surface area contributed by atoms with Crippen molar-refractivity contribution in [1.82, 2.24) is 15.0 Å². The third kappa shape index (κ3) is 3.82. The molecule has 0 amide bonds. The minimum Gasteiger partial charge on any atom is -0.361 e. The molecular formula is C14H22N5OS2+. The first-order valence-electron chi connectivity index (χ1n) is 7.21. The van der Waals surface area contributed by atoms with Gasteiger partial charge in [0, 0.05) is 17.8 Å². The Hall–Kier alpha value is -1.51. The molecular weight excluding hydrogens is 318 g/mol. The third-order valence-corrected chi connectivity index (χ3v) is 4.80. The quantitative estimate of drug-likeness (QED) is 0.529. The molecule has 2 rings (SSSR count). The Bertz CT molecular complexity index is 735. The summed E-state index contributed by atoms with van der Waals surface area (Å²) in [5.41, 5.74) is 3.76. The van der Waals surface area contributed by atoms with Crippen molar-refractivity contribution < 1.29 is 4.90 Å². The Morgan fingerprint density at radius 2 is 2.18 bits per heavy atom. The molecule has 2 aromatic rings. The molecule has 0 unspecified atom stereocenters. The van der Waals surface area contributed by atoms with E-state index in [1.54, 1.807) is 0 Å². The molecule has 8 heteroatoms. The summed E-state index contributed by atoms with van der Waals surface area (Å²) in [6.07, 6.45) is 2.50. The summed E-state index contributed by atoms with van der Waals surface area (Å²) in [6, 6.07) is 0. The SMILES string of the molecule is Cc1sc2ncn(NC(=S)NCCC[NH+](C)C)c(=O)c2c1C. The summed E-state index contributed by atoms with van der Waals surface area (Å²) >= 11 is 6.76. The molecule has 2 heterocycles. The molecule has 0 bridgehead atoms. The molecule has 0 atom stereocenters. The van der Waals surface area contributed by atoms with Gasteiger partial charge in [0.25, 0.3) is 5.56 Å². The smallest absolute Gasteiger partial charge is 0.281 e. The molecule has 0 spiro atoms. The third-order valence-electron chi connectivity index (χ3n) is 3.45. The van der Waals surface area contributed by atoms with Crippen molar-refractivity contribution in [3.05, 3.63) is 27.1 Å². The predicted molar refractivity (Wildman–Crippen MR) is 95.6 cm³/mol. The van der Waals surface area contributed by atoms with Crippen molar-refractivity contribution in [2.75, 3.05) is 32.6 Å². The summed E-state index contributed by atoms with van der Waals surface area (Å²) in [5, 5.41) is 4.20. The lowest BCUT2D eigenvalue weighted by atomic mass is 10.2. The van der Waals surface area contributed by atoms with E-state index in [1.807, 2.05) is 13.8 Å². The van der Waals surface area contributed by atoms with Crippen LogP contribution in [0.3, 0.4) is 0 Å². The van der Waals surface area contributed by atoms with Crippen LogP contribution in [0.1, 0.15) is 16.9 Å². The van der Waals surface area contributed by atoms with Gasteiger partial charge in [-0.2, -0.15) is 0 Å².